The Bertz CT molecular complexity index is 522. The number of benzene rings is 1. The van der Waals surface area contributed by atoms with Crippen molar-refractivity contribution in [2.24, 2.45) is 5.92 Å². The van der Waals surface area contributed by atoms with Crippen molar-refractivity contribution in [3.8, 4) is 0 Å². The summed E-state index contributed by atoms with van der Waals surface area (Å²) in [6, 6.07) is 6.88. The zero-order chi connectivity index (χ0) is 13.9. The van der Waals surface area contributed by atoms with Gasteiger partial charge < -0.3 is 5.11 Å². The van der Waals surface area contributed by atoms with Crippen molar-refractivity contribution >= 4 is 15.9 Å². The van der Waals surface area contributed by atoms with Gasteiger partial charge in [-0.2, -0.15) is 12.7 Å². The molecule has 1 saturated heterocycles. The molecular formula is C13H20N2O3S. The average Bonchev–Trinajstić information content (AvgIpc) is 2.39. The van der Waals surface area contributed by atoms with Gasteiger partial charge in [0.05, 0.1) is 12.3 Å². The number of hydrogen-bond donors (Lipinski definition) is 2. The van der Waals surface area contributed by atoms with Crippen molar-refractivity contribution < 1.29 is 13.5 Å². The number of aliphatic hydroxyl groups excluding tert-OH is 1. The molecule has 1 aromatic carbocycles. The molecule has 0 saturated carbocycles. The van der Waals surface area contributed by atoms with E-state index in [4.69, 9.17) is 0 Å². The number of nitrogens with zero attached hydrogens (tertiary/aromatic N) is 1. The molecule has 0 spiro atoms. The number of anilines is 1. The Morgan fingerprint density at radius 3 is 2.58 bits per heavy atom. The Morgan fingerprint density at radius 1 is 1.32 bits per heavy atom. The summed E-state index contributed by atoms with van der Waals surface area (Å²) >= 11 is 0. The summed E-state index contributed by atoms with van der Waals surface area (Å²) < 4.78 is 28.6. The van der Waals surface area contributed by atoms with Gasteiger partial charge in [0.25, 0.3) is 0 Å². The van der Waals surface area contributed by atoms with Crippen LogP contribution in [-0.4, -0.2) is 30.9 Å². The molecule has 2 N–H and O–H groups in total. The van der Waals surface area contributed by atoms with Gasteiger partial charge >= 0.3 is 10.2 Å². The van der Waals surface area contributed by atoms with Gasteiger partial charge in [-0.15, -0.1) is 0 Å². The number of nitrogens with one attached hydrogen (secondary N) is 1. The molecule has 0 amide bonds. The molecule has 0 bridgehead atoms. The van der Waals surface area contributed by atoms with E-state index in [0.717, 1.165) is 12.8 Å². The van der Waals surface area contributed by atoms with Gasteiger partial charge in [-0.3, -0.25) is 4.72 Å². The van der Waals surface area contributed by atoms with Crippen molar-refractivity contribution in [1.82, 2.24) is 4.31 Å². The lowest BCUT2D eigenvalue weighted by molar-refractivity contribution is 0.282. The Kier molecular flexibility index (Phi) is 4.44. The number of piperidine rings is 1. The van der Waals surface area contributed by atoms with E-state index >= 15 is 0 Å². The van der Waals surface area contributed by atoms with Crippen molar-refractivity contribution in [2.75, 3.05) is 17.8 Å². The highest BCUT2D eigenvalue weighted by Crippen LogP contribution is 2.22. The van der Waals surface area contributed by atoms with E-state index in [2.05, 4.69) is 11.6 Å². The van der Waals surface area contributed by atoms with Gasteiger partial charge in [-0.1, -0.05) is 25.1 Å². The molecule has 0 atom stereocenters. The summed E-state index contributed by atoms with van der Waals surface area (Å²) in [5.41, 5.74) is 1.03. The maximum absolute atomic E-state index is 12.3. The van der Waals surface area contributed by atoms with Crippen LogP contribution in [0.25, 0.3) is 0 Å². The molecule has 5 nitrogen and oxygen atoms in total. The second-order valence-electron chi connectivity index (χ2n) is 5.00. The zero-order valence-corrected chi connectivity index (χ0v) is 11.9. The summed E-state index contributed by atoms with van der Waals surface area (Å²) in [5, 5.41) is 9.21. The minimum Gasteiger partial charge on any atom is -0.392 e. The first-order valence-electron chi connectivity index (χ1n) is 6.49. The van der Waals surface area contributed by atoms with E-state index in [0.29, 0.717) is 30.3 Å². The largest absolute Gasteiger partial charge is 0.392 e. The molecule has 0 unspecified atom stereocenters. The summed E-state index contributed by atoms with van der Waals surface area (Å²) in [6.45, 7) is 3.06. The van der Waals surface area contributed by atoms with E-state index in [9.17, 15) is 13.5 Å². The first kappa shape index (κ1) is 14.3. The Labute approximate surface area is 114 Å². The maximum Gasteiger partial charge on any atom is 0.301 e. The van der Waals surface area contributed by atoms with Gasteiger partial charge in [-0.05, 0) is 24.8 Å². The number of hydrogen-bond acceptors (Lipinski definition) is 3. The molecule has 19 heavy (non-hydrogen) atoms. The van der Waals surface area contributed by atoms with Crippen LogP contribution >= 0.6 is 0 Å². The van der Waals surface area contributed by atoms with Gasteiger partial charge in [0, 0.05) is 18.7 Å². The molecule has 1 aromatic rings. The van der Waals surface area contributed by atoms with E-state index in [1.165, 1.54) is 4.31 Å². The molecule has 1 fully saturated rings. The Hall–Kier alpha value is -1.11. The first-order valence-corrected chi connectivity index (χ1v) is 7.93. The topological polar surface area (TPSA) is 69.6 Å². The molecule has 1 heterocycles. The Morgan fingerprint density at radius 2 is 1.95 bits per heavy atom. The van der Waals surface area contributed by atoms with E-state index in [-0.39, 0.29) is 6.61 Å². The summed E-state index contributed by atoms with van der Waals surface area (Å²) in [7, 11) is -3.52. The summed E-state index contributed by atoms with van der Waals surface area (Å²) in [4.78, 5) is 0. The van der Waals surface area contributed by atoms with Crippen LogP contribution in [-0.2, 0) is 16.8 Å². The summed E-state index contributed by atoms with van der Waals surface area (Å²) in [6.07, 6.45) is 1.78. The average molecular weight is 284 g/mol. The molecule has 6 heteroatoms. The predicted octanol–water partition coefficient (Wildman–Crippen LogP) is 1.57. The van der Waals surface area contributed by atoms with Crippen LogP contribution in [0.2, 0.25) is 0 Å². The van der Waals surface area contributed by atoms with Crippen LogP contribution in [0.1, 0.15) is 25.3 Å². The molecule has 106 valence electrons. The molecule has 1 aliphatic rings. The van der Waals surface area contributed by atoms with E-state index in [1.54, 1.807) is 24.3 Å². The minimum absolute atomic E-state index is 0.185. The maximum atomic E-state index is 12.3. The SMILES string of the molecule is CC1CCN(S(=O)(=O)Nc2ccccc2CO)CC1. The fraction of sp³-hybridized carbons (Fsp3) is 0.538. The van der Waals surface area contributed by atoms with Gasteiger partial charge in [-0.25, -0.2) is 0 Å². The molecule has 1 aliphatic heterocycles. The van der Waals surface area contributed by atoms with Gasteiger partial charge in [0.1, 0.15) is 0 Å². The lowest BCUT2D eigenvalue weighted by Gasteiger charge is -2.29. The monoisotopic (exact) mass is 284 g/mol. The fourth-order valence-corrected chi connectivity index (χ4v) is 3.48. The Balaban J connectivity index is 2.13. The van der Waals surface area contributed by atoms with Crippen LogP contribution in [0.5, 0.6) is 0 Å². The van der Waals surface area contributed by atoms with Crippen molar-refractivity contribution in [1.29, 1.82) is 0 Å². The highest BCUT2D eigenvalue weighted by atomic mass is 32.2. The smallest absolute Gasteiger partial charge is 0.301 e. The highest BCUT2D eigenvalue weighted by Gasteiger charge is 2.26. The van der Waals surface area contributed by atoms with Crippen LogP contribution in [0.4, 0.5) is 5.69 Å². The molecule has 0 aliphatic carbocycles. The third kappa shape index (κ3) is 3.46. The second-order valence-corrected chi connectivity index (χ2v) is 6.67. The third-order valence-corrected chi connectivity index (χ3v) is 5.03. The van der Waals surface area contributed by atoms with E-state index < -0.39 is 10.2 Å². The van der Waals surface area contributed by atoms with Crippen LogP contribution in [0.3, 0.4) is 0 Å². The quantitative estimate of drug-likeness (QED) is 0.881. The van der Waals surface area contributed by atoms with Gasteiger partial charge in [0.2, 0.25) is 0 Å². The van der Waals surface area contributed by atoms with Crippen molar-refractivity contribution in [3.05, 3.63) is 29.8 Å². The lowest BCUT2D eigenvalue weighted by atomic mass is 10.0. The van der Waals surface area contributed by atoms with Crippen molar-refractivity contribution in [3.63, 3.8) is 0 Å². The second kappa shape index (κ2) is 5.90. The predicted molar refractivity (Wildman–Crippen MR) is 74.9 cm³/mol. The van der Waals surface area contributed by atoms with Crippen LogP contribution in [0.15, 0.2) is 24.3 Å². The standard InChI is InChI=1S/C13H20N2O3S/c1-11-6-8-15(9-7-11)19(17,18)14-13-5-3-2-4-12(13)10-16/h2-5,11,14,16H,6-10H2,1H3. The van der Waals surface area contributed by atoms with Crippen molar-refractivity contribution in [2.45, 2.75) is 26.4 Å². The van der Waals surface area contributed by atoms with Crippen LogP contribution in [0, 0.1) is 5.92 Å². The normalized spacial score (nSPS) is 18.4. The minimum atomic E-state index is -3.52. The lowest BCUT2D eigenvalue weighted by Crippen LogP contribution is -2.41. The van der Waals surface area contributed by atoms with E-state index in [1.807, 2.05) is 0 Å². The zero-order valence-electron chi connectivity index (χ0n) is 11.0. The third-order valence-electron chi connectivity index (χ3n) is 3.51. The highest BCUT2D eigenvalue weighted by molar-refractivity contribution is 7.90. The molecule has 2 rings (SSSR count). The number of para-hydroxylation sites is 1. The molecule has 0 radical (unpaired) electrons. The van der Waals surface area contributed by atoms with Crippen LogP contribution < -0.4 is 4.72 Å². The molecule has 0 aromatic heterocycles. The van der Waals surface area contributed by atoms with Gasteiger partial charge in [0.15, 0.2) is 0 Å². The molecular weight excluding hydrogens is 264 g/mol. The number of aliphatic hydroxyl groups is 1. The number of rotatable bonds is 4. The fourth-order valence-electron chi connectivity index (χ4n) is 2.19. The first-order chi connectivity index (χ1) is 9.03. The summed E-state index contributed by atoms with van der Waals surface area (Å²) in [5.74, 6) is 0.580.